The summed E-state index contributed by atoms with van der Waals surface area (Å²) in [5, 5.41) is 44.2. The van der Waals surface area contributed by atoms with Crippen molar-refractivity contribution in [2.45, 2.75) is 50.7 Å². The van der Waals surface area contributed by atoms with Crippen molar-refractivity contribution < 1.29 is 34.8 Å². The number of carbonyl (C=O) groups is 3. The smallest absolute Gasteiger partial charge is 0.255 e. The summed E-state index contributed by atoms with van der Waals surface area (Å²) in [7, 11) is 3.13. The van der Waals surface area contributed by atoms with E-state index in [0.29, 0.717) is 17.5 Å². The molecule has 1 fully saturated rings. The molecular formula is C27H30N2O7. The SMILES string of the molecule is CCCCC#Cc1ccc(O)c2c1C[C@H]1C[C@@H]3[C@H](N(C)C)C(=O)C(C(N)=O)=C(O)[C@]3(O)C(=O)C1=C2O. The molecule has 0 radical (unpaired) electrons. The number of phenols is 1. The van der Waals surface area contributed by atoms with Crippen LogP contribution >= 0.6 is 0 Å². The second-order valence-electron chi connectivity index (χ2n) is 9.85. The zero-order chi connectivity index (χ0) is 26.5. The molecule has 4 rings (SSSR count). The number of unbranched alkanes of at least 4 members (excludes halogenated alkanes) is 2. The van der Waals surface area contributed by atoms with Crippen LogP contribution in [-0.2, 0) is 20.8 Å². The summed E-state index contributed by atoms with van der Waals surface area (Å²) < 4.78 is 0. The van der Waals surface area contributed by atoms with Gasteiger partial charge in [-0.25, -0.2) is 0 Å². The lowest BCUT2D eigenvalue weighted by Gasteiger charge is -2.50. The maximum Gasteiger partial charge on any atom is 0.255 e. The van der Waals surface area contributed by atoms with Crippen LogP contribution < -0.4 is 5.73 Å². The van der Waals surface area contributed by atoms with E-state index in [-0.39, 0.29) is 29.7 Å². The van der Waals surface area contributed by atoms with Gasteiger partial charge in [0.05, 0.1) is 11.6 Å². The van der Waals surface area contributed by atoms with E-state index in [4.69, 9.17) is 5.73 Å². The first kappa shape index (κ1) is 25.5. The highest BCUT2D eigenvalue weighted by Crippen LogP contribution is 2.52. The van der Waals surface area contributed by atoms with Gasteiger partial charge >= 0.3 is 0 Å². The molecule has 4 atom stereocenters. The van der Waals surface area contributed by atoms with Gasteiger partial charge in [-0.3, -0.25) is 19.3 Å². The topological polar surface area (TPSA) is 161 Å². The van der Waals surface area contributed by atoms with E-state index < -0.39 is 58.0 Å². The molecule has 0 heterocycles. The molecule has 9 heteroatoms. The lowest BCUT2D eigenvalue weighted by Crippen LogP contribution is -2.65. The summed E-state index contributed by atoms with van der Waals surface area (Å²) in [6.07, 6.45) is 2.89. The van der Waals surface area contributed by atoms with Gasteiger partial charge in [-0.15, -0.1) is 0 Å². The fourth-order valence-electron chi connectivity index (χ4n) is 5.78. The monoisotopic (exact) mass is 494 g/mol. The number of nitrogens with zero attached hydrogens (tertiary/aromatic N) is 1. The average molecular weight is 495 g/mol. The predicted molar refractivity (Wildman–Crippen MR) is 131 cm³/mol. The predicted octanol–water partition coefficient (Wildman–Crippen LogP) is 1.51. The number of hydrogen-bond acceptors (Lipinski definition) is 8. The van der Waals surface area contributed by atoms with Gasteiger partial charge in [-0.1, -0.05) is 25.2 Å². The number of nitrogens with two attached hydrogens (primary N) is 1. The van der Waals surface area contributed by atoms with Gasteiger partial charge in [0.15, 0.2) is 11.4 Å². The molecule has 0 unspecified atom stereocenters. The van der Waals surface area contributed by atoms with Crippen LogP contribution in [0.1, 0.15) is 49.3 Å². The second-order valence-corrected chi connectivity index (χ2v) is 9.85. The van der Waals surface area contributed by atoms with Gasteiger partial charge in [0.2, 0.25) is 5.78 Å². The van der Waals surface area contributed by atoms with Gasteiger partial charge < -0.3 is 26.2 Å². The molecule has 9 nitrogen and oxygen atoms in total. The first-order chi connectivity index (χ1) is 17.0. The van der Waals surface area contributed by atoms with Crippen molar-refractivity contribution in [1.29, 1.82) is 0 Å². The zero-order valence-corrected chi connectivity index (χ0v) is 20.5. The number of phenolic OH excluding ortho intramolecular Hbond substituents is 1. The second kappa shape index (κ2) is 9.12. The van der Waals surface area contributed by atoms with E-state index in [9.17, 15) is 34.8 Å². The van der Waals surface area contributed by atoms with Crippen LogP contribution in [0, 0.1) is 23.7 Å². The fourth-order valence-corrected chi connectivity index (χ4v) is 5.78. The highest BCUT2D eigenvalue weighted by molar-refractivity contribution is 6.24. The van der Waals surface area contributed by atoms with Crippen molar-refractivity contribution in [1.82, 2.24) is 4.90 Å². The van der Waals surface area contributed by atoms with E-state index in [2.05, 4.69) is 18.8 Å². The Morgan fingerprint density at radius 1 is 1.22 bits per heavy atom. The van der Waals surface area contributed by atoms with E-state index in [1.165, 1.54) is 11.0 Å². The summed E-state index contributed by atoms with van der Waals surface area (Å²) in [4.78, 5) is 40.4. The number of primary amides is 1. The molecule has 1 aromatic carbocycles. The van der Waals surface area contributed by atoms with Crippen LogP contribution in [0.2, 0.25) is 0 Å². The third-order valence-corrected chi connectivity index (χ3v) is 7.48. The molecule has 0 aromatic heterocycles. The highest BCUT2D eigenvalue weighted by Gasteiger charge is 2.64. The maximum absolute atomic E-state index is 13.8. The van der Waals surface area contributed by atoms with E-state index in [0.717, 1.165) is 12.8 Å². The van der Waals surface area contributed by atoms with Crippen molar-refractivity contribution in [2.24, 2.45) is 17.6 Å². The number of hydrogen-bond donors (Lipinski definition) is 5. The minimum Gasteiger partial charge on any atom is -0.508 e. The van der Waals surface area contributed by atoms with Crippen LogP contribution in [0.5, 0.6) is 5.75 Å². The summed E-state index contributed by atoms with van der Waals surface area (Å²) in [5.74, 6) is -0.460. The molecule has 190 valence electrons. The maximum atomic E-state index is 13.8. The fraction of sp³-hybridized carbons (Fsp3) is 0.444. The number of aliphatic hydroxyl groups excluding tert-OH is 2. The number of rotatable bonds is 4. The van der Waals surface area contributed by atoms with E-state index in [1.807, 2.05) is 0 Å². The molecule has 1 saturated carbocycles. The Morgan fingerprint density at radius 3 is 2.53 bits per heavy atom. The minimum absolute atomic E-state index is 0.0458. The number of fused-ring (bicyclic) bond motifs is 3. The summed E-state index contributed by atoms with van der Waals surface area (Å²) in [6, 6.07) is 1.93. The molecule has 0 spiro atoms. The van der Waals surface area contributed by atoms with Crippen LogP contribution in [0.15, 0.2) is 29.0 Å². The van der Waals surface area contributed by atoms with Crippen molar-refractivity contribution in [3.05, 3.63) is 45.7 Å². The summed E-state index contributed by atoms with van der Waals surface area (Å²) >= 11 is 0. The number of likely N-dealkylation sites (N-methyl/N-ethyl adjacent to an activating group) is 1. The van der Waals surface area contributed by atoms with Crippen LogP contribution in [-0.4, -0.2) is 68.5 Å². The Hall–Kier alpha value is -3.61. The van der Waals surface area contributed by atoms with Crippen LogP contribution in [0.25, 0.3) is 5.76 Å². The number of aliphatic hydroxyl groups is 3. The van der Waals surface area contributed by atoms with Gasteiger partial charge in [0.25, 0.3) is 5.91 Å². The summed E-state index contributed by atoms with van der Waals surface area (Å²) in [6.45, 7) is 2.06. The number of benzene rings is 1. The van der Waals surface area contributed by atoms with Crippen LogP contribution in [0.4, 0.5) is 0 Å². The Labute approximate surface area is 208 Å². The van der Waals surface area contributed by atoms with Crippen molar-refractivity contribution in [2.75, 3.05) is 14.1 Å². The highest BCUT2D eigenvalue weighted by atomic mass is 16.3. The Morgan fingerprint density at radius 2 is 1.92 bits per heavy atom. The van der Waals surface area contributed by atoms with Gasteiger partial charge in [-0.05, 0) is 57.0 Å². The lowest BCUT2D eigenvalue weighted by atomic mass is 9.57. The molecule has 0 bridgehead atoms. The minimum atomic E-state index is -2.64. The first-order valence-corrected chi connectivity index (χ1v) is 11.9. The molecule has 1 aromatic rings. The molecular weight excluding hydrogens is 464 g/mol. The number of ketones is 2. The van der Waals surface area contributed by atoms with Gasteiger partial charge in [-0.2, -0.15) is 0 Å². The van der Waals surface area contributed by atoms with Crippen molar-refractivity contribution in [3.63, 3.8) is 0 Å². The number of Topliss-reactive ketones (excluding diaryl/α,β-unsaturated/α-hetero) is 2. The summed E-state index contributed by atoms with van der Waals surface area (Å²) in [5.41, 5.74) is 2.92. The third-order valence-electron chi connectivity index (χ3n) is 7.48. The number of amides is 1. The Balaban J connectivity index is 1.91. The van der Waals surface area contributed by atoms with Crippen molar-refractivity contribution in [3.8, 4) is 17.6 Å². The normalized spacial score (nSPS) is 27.3. The molecule has 0 aliphatic heterocycles. The molecule has 3 aliphatic rings. The largest absolute Gasteiger partial charge is 0.508 e. The molecule has 36 heavy (non-hydrogen) atoms. The number of carbonyl (C=O) groups excluding carboxylic acids is 3. The quantitative estimate of drug-likeness (QED) is 0.239. The molecule has 3 aliphatic carbocycles. The van der Waals surface area contributed by atoms with Gasteiger partial charge in [0, 0.05) is 23.5 Å². The molecule has 6 N–H and O–H groups in total. The van der Waals surface area contributed by atoms with E-state index in [1.54, 1.807) is 20.2 Å². The third kappa shape index (κ3) is 3.60. The zero-order valence-electron chi connectivity index (χ0n) is 20.5. The van der Waals surface area contributed by atoms with Crippen LogP contribution in [0.3, 0.4) is 0 Å². The average Bonchev–Trinajstić information content (AvgIpc) is 2.80. The first-order valence-electron chi connectivity index (χ1n) is 11.9. The van der Waals surface area contributed by atoms with E-state index >= 15 is 0 Å². The molecule has 0 saturated heterocycles. The standard InChI is InChI=1S/C27H30N2O7/c1-4-5-6-7-8-13-9-10-17(30)19-15(13)11-14-12-16-21(29(2)3)23(32)20(26(28)35)25(34)27(16,36)24(33)18(14)22(19)31/h9-10,14,16,21,30-31,34,36H,4-6,11-12H2,1-3H3,(H2,28,35)/t14-,16+,21-,27+/m0/s1. The van der Waals surface area contributed by atoms with Gasteiger partial charge in [0.1, 0.15) is 22.8 Å². The number of aromatic hydroxyl groups is 1. The molecule has 1 amide bonds. The Bertz CT molecular complexity index is 1300. The Kier molecular flexibility index (Phi) is 6.45. The lowest BCUT2D eigenvalue weighted by molar-refractivity contribution is -0.153. The van der Waals surface area contributed by atoms with Crippen molar-refractivity contribution >= 4 is 23.2 Å².